The minimum Gasteiger partial charge on any atom is -0.480 e. The van der Waals surface area contributed by atoms with Crippen molar-refractivity contribution in [3.8, 4) is 0 Å². The van der Waals surface area contributed by atoms with E-state index in [9.17, 15) is 0 Å². The second kappa shape index (κ2) is 9.74. The van der Waals surface area contributed by atoms with Crippen LogP contribution in [0.3, 0.4) is 0 Å². The lowest BCUT2D eigenvalue weighted by Gasteiger charge is -2.13. The van der Waals surface area contributed by atoms with Gasteiger partial charge in [0.05, 0.1) is 33.9 Å². The lowest BCUT2D eigenvalue weighted by atomic mass is 10.7. The molecule has 0 fully saturated rings. The largest absolute Gasteiger partial charge is 0.480 e. The van der Waals surface area contributed by atoms with E-state index in [1.54, 1.807) is 23.5 Å². The Kier molecular flexibility index (Phi) is 7.53. The molecule has 0 aliphatic carbocycles. The lowest BCUT2D eigenvalue weighted by Crippen LogP contribution is -2.08. The summed E-state index contributed by atoms with van der Waals surface area (Å²) in [6.45, 7) is 5.79. The standard InChI is InChI=1S/C16H14O2S10/c1-3-19-9-10(20-4-2)24-13(23-9)14-27-15-16(28-14)26-12(25-15)11-21-7-8(22-11)18-6-5-17-7/h3-6H2,1-2H3. The first-order chi connectivity index (χ1) is 13.7. The Hall–Kier alpha value is 1.80. The molecule has 150 valence electrons. The van der Waals surface area contributed by atoms with Crippen LogP contribution < -0.4 is 0 Å². The third-order valence-electron chi connectivity index (χ3n) is 3.42. The van der Waals surface area contributed by atoms with Crippen molar-refractivity contribution in [3.63, 3.8) is 0 Å². The zero-order chi connectivity index (χ0) is 19.1. The Morgan fingerprint density at radius 1 is 0.571 bits per heavy atom. The van der Waals surface area contributed by atoms with Crippen molar-refractivity contribution in [1.82, 2.24) is 0 Å². The van der Waals surface area contributed by atoms with E-state index >= 15 is 0 Å². The van der Waals surface area contributed by atoms with Crippen LogP contribution in [0.4, 0.5) is 0 Å². The fourth-order valence-electron chi connectivity index (χ4n) is 2.35. The van der Waals surface area contributed by atoms with Crippen LogP contribution in [-0.2, 0) is 9.47 Å². The summed E-state index contributed by atoms with van der Waals surface area (Å²) < 4.78 is 22.9. The quantitative estimate of drug-likeness (QED) is 0.328. The van der Waals surface area contributed by atoms with Crippen molar-refractivity contribution in [3.05, 3.63) is 44.1 Å². The fourth-order valence-corrected chi connectivity index (χ4v) is 17.2. The van der Waals surface area contributed by atoms with Crippen molar-refractivity contribution in [1.29, 1.82) is 0 Å². The molecule has 0 aromatic carbocycles. The average molecular weight is 559 g/mol. The van der Waals surface area contributed by atoms with Gasteiger partial charge in [-0.05, 0) is 35.0 Å². The molecule has 0 bridgehead atoms. The molecule has 0 spiro atoms. The molecule has 12 heteroatoms. The zero-order valence-corrected chi connectivity index (χ0v) is 22.9. The molecule has 5 heterocycles. The molecule has 0 aromatic rings. The van der Waals surface area contributed by atoms with E-state index in [0.717, 1.165) is 21.7 Å². The minimum atomic E-state index is 0.659. The molecule has 5 aliphatic rings. The topological polar surface area (TPSA) is 18.5 Å². The van der Waals surface area contributed by atoms with Gasteiger partial charge in [-0.25, -0.2) is 0 Å². The van der Waals surface area contributed by atoms with Gasteiger partial charge in [-0.1, -0.05) is 84.4 Å². The summed E-state index contributed by atoms with van der Waals surface area (Å²) >= 11 is 19.1. The van der Waals surface area contributed by atoms with Gasteiger partial charge in [0.25, 0.3) is 0 Å². The van der Waals surface area contributed by atoms with Crippen molar-refractivity contribution in [2.75, 3.05) is 24.7 Å². The Balaban J connectivity index is 1.25. The Bertz CT molecular complexity index is 807. The first-order valence-electron chi connectivity index (χ1n) is 8.40. The molecule has 5 rings (SSSR count). The maximum Gasteiger partial charge on any atom is 0.208 e. The maximum absolute atomic E-state index is 5.73. The second-order valence-electron chi connectivity index (χ2n) is 5.25. The second-order valence-corrected chi connectivity index (χ2v) is 18.0. The van der Waals surface area contributed by atoms with Gasteiger partial charge in [-0.2, -0.15) is 0 Å². The number of hydrogen-bond acceptors (Lipinski definition) is 12. The number of hydrogen-bond donors (Lipinski definition) is 0. The van der Waals surface area contributed by atoms with E-state index < -0.39 is 0 Å². The Morgan fingerprint density at radius 3 is 1.32 bits per heavy atom. The molecule has 0 saturated carbocycles. The van der Waals surface area contributed by atoms with Gasteiger partial charge >= 0.3 is 0 Å². The number of rotatable bonds is 4. The molecule has 0 aromatic heterocycles. The van der Waals surface area contributed by atoms with E-state index in [1.165, 1.54) is 33.9 Å². The Labute approximate surface area is 207 Å². The highest BCUT2D eigenvalue weighted by atomic mass is 32.3. The van der Waals surface area contributed by atoms with Gasteiger partial charge < -0.3 is 9.47 Å². The van der Waals surface area contributed by atoms with E-state index in [2.05, 4.69) is 13.8 Å². The van der Waals surface area contributed by atoms with Gasteiger partial charge in [0, 0.05) is 0 Å². The molecule has 2 nitrogen and oxygen atoms in total. The fraction of sp³-hybridized carbons (Fsp3) is 0.375. The first-order valence-corrected chi connectivity index (χ1v) is 16.9. The van der Waals surface area contributed by atoms with Crippen LogP contribution in [0.1, 0.15) is 13.8 Å². The highest BCUT2D eigenvalue weighted by Gasteiger charge is 2.38. The molecule has 0 atom stereocenters. The van der Waals surface area contributed by atoms with Crippen molar-refractivity contribution < 1.29 is 9.47 Å². The molecule has 0 unspecified atom stereocenters. The summed E-state index contributed by atoms with van der Waals surface area (Å²) in [5, 5.41) is 1.89. The molecule has 0 radical (unpaired) electrons. The van der Waals surface area contributed by atoms with Crippen molar-refractivity contribution >= 4 is 118 Å². The van der Waals surface area contributed by atoms with Crippen LogP contribution in [0.25, 0.3) is 0 Å². The number of ether oxygens (including phenoxy) is 2. The van der Waals surface area contributed by atoms with Crippen LogP contribution in [0.15, 0.2) is 44.1 Å². The van der Waals surface area contributed by atoms with Gasteiger partial charge in [0.15, 0.2) is 0 Å². The van der Waals surface area contributed by atoms with Crippen LogP contribution in [0, 0.1) is 0 Å². The third kappa shape index (κ3) is 4.47. The van der Waals surface area contributed by atoms with Gasteiger partial charge in [-0.15, -0.1) is 23.5 Å². The summed E-state index contributed by atoms with van der Waals surface area (Å²) in [5.74, 6) is 2.27. The smallest absolute Gasteiger partial charge is 0.208 e. The SMILES string of the molecule is CCSC1=C(SCC)SC(=C2SC3=C(SC(=C4SC5=C(OCCO5)S4)S3)S2)S1. The summed E-state index contributed by atoms with van der Waals surface area (Å²) in [4.78, 5) is 0. The molecule has 5 aliphatic heterocycles. The molecule has 0 N–H and O–H groups in total. The minimum absolute atomic E-state index is 0.659. The van der Waals surface area contributed by atoms with Crippen molar-refractivity contribution in [2.45, 2.75) is 13.8 Å². The van der Waals surface area contributed by atoms with Gasteiger partial charge in [0.2, 0.25) is 10.2 Å². The van der Waals surface area contributed by atoms with E-state index in [4.69, 9.17) is 9.47 Å². The maximum atomic E-state index is 5.73. The molecular formula is C16H14O2S10. The third-order valence-corrected chi connectivity index (χ3v) is 17.8. The highest BCUT2D eigenvalue weighted by Crippen LogP contribution is 2.72. The average Bonchev–Trinajstić information content (AvgIpc) is 3.43. The van der Waals surface area contributed by atoms with E-state index in [-0.39, 0.29) is 0 Å². The molecular weight excluding hydrogens is 545 g/mol. The van der Waals surface area contributed by atoms with Gasteiger partial charge in [-0.3, -0.25) is 0 Å². The van der Waals surface area contributed by atoms with Crippen LogP contribution >= 0.6 is 118 Å². The first kappa shape index (κ1) is 21.6. The monoisotopic (exact) mass is 558 g/mol. The summed E-state index contributed by atoms with van der Waals surface area (Å²) in [7, 11) is 0. The lowest BCUT2D eigenvalue weighted by molar-refractivity contribution is 0.0949. The zero-order valence-electron chi connectivity index (χ0n) is 14.7. The van der Waals surface area contributed by atoms with Crippen LogP contribution in [0.5, 0.6) is 0 Å². The van der Waals surface area contributed by atoms with Crippen molar-refractivity contribution in [2.24, 2.45) is 0 Å². The van der Waals surface area contributed by atoms with E-state index in [0.29, 0.717) is 13.2 Å². The Morgan fingerprint density at radius 2 is 0.929 bits per heavy atom. The van der Waals surface area contributed by atoms with Crippen LogP contribution in [0.2, 0.25) is 0 Å². The molecule has 0 amide bonds. The summed E-state index contributed by atoms with van der Waals surface area (Å²) in [6.07, 6.45) is 0. The van der Waals surface area contributed by atoms with Crippen LogP contribution in [-0.4, -0.2) is 24.7 Å². The number of thioether (sulfide) groups is 10. The normalized spacial score (nSPS) is 24.5. The molecule has 0 saturated heterocycles. The highest BCUT2D eigenvalue weighted by molar-refractivity contribution is 8.50. The van der Waals surface area contributed by atoms with E-state index in [1.807, 2.05) is 94.1 Å². The molecule has 28 heavy (non-hydrogen) atoms. The van der Waals surface area contributed by atoms with Gasteiger partial charge in [0.1, 0.15) is 13.2 Å². The predicted octanol–water partition coefficient (Wildman–Crippen LogP) is 9.09. The summed E-state index contributed by atoms with van der Waals surface area (Å²) in [5.41, 5.74) is 0. The predicted molar refractivity (Wildman–Crippen MR) is 144 cm³/mol. The summed E-state index contributed by atoms with van der Waals surface area (Å²) in [6, 6.07) is 0.